The van der Waals surface area contributed by atoms with Crippen LogP contribution < -0.4 is 15.2 Å². The zero-order valence-electron chi connectivity index (χ0n) is 16.2. The van der Waals surface area contributed by atoms with Crippen LogP contribution in [-0.2, 0) is 6.67 Å². The van der Waals surface area contributed by atoms with E-state index in [2.05, 4.69) is 19.8 Å². The highest BCUT2D eigenvalue weighted by molar-refractivity contribution is 5.78. The molecule has 3 aromatic rings. The molecule has 1 N–H and O–H groups in total. The Morgan fingerprint density at radius 1 is 1.33 bits per heavy atom. The molecule has 1 fully saturated rings. The molecule has 2 heterocycles. The van der Waals surface area contributed by atoms with Gasteiger partial charge in [-0.05, 0) is 36.5 Å². The number of alkyl halides is 3. The predicted molar refractivity (Wildman–Crippen MR) is 101 cm³/mol. The molecular weight excluding hydrogens is 406 g/mol. The van der Waals surface area contributed by atoms with Gasteiger partial charge in [0.25, 0.3) is 5.56 Å². The summed E-state index contributed by atoms with van der Waals surface area (Å²) in [7, 11) is 3.38. The van der Waals surface area contributed by atoms with E-state index in [0.717, 1.165) is 25.0 Å². The van der Waals surface area contributed by atoms with Gasteiger partial charge in [0.05, 0.1) is 6.04 Å². The highest BCUT2D eigenvalue weighted by Crippen LogP contribution is 2.45. The minimum absolute atomic E-state index is 0.0341. The summed E-state index contributed by atoms with van der Waals surface area (Å²) in [5.41, 5.74) is 0.0389. The van der Waals surface area contributed by atoms with Gasteiger partial charge in [0.1, 0.15) is 17.8 Å². The van der Waals surface area contributed by atoms with Crippen molar-refractivity contribution in [3.63, 3.8) is 0 Å². The SMILES string of the molecule is CN(C)c1nc2c(c(CF)nn2[C@H](c2ccc(OC(F)F)c(F)c2)C2CC2)c(=O)[nH]1. The van der Waals surface area contributed by atoms with Crippen LogP contribution in [0.15, 0.2) is 23.0 Å². The van der Waals surface area contributed by atoms with Crippen molar-refractivity contribution in [2.45, 2.75) is 32.2 Å². The van der Waals surface area contributed by atoms with E-state index < -0.39 is 36.5 Å². The third-order valence-electron chi connectivity index (χ3n) is 5.02. The van der Waals surface area contributed by atoms with Gasteiger partial charge < -0.3 is 9.64 Å². The highest BCUT2D eigenvalue weighted by atomic mass is 19.3. The number of fused-ring (bicyclic) bond motifs is 1. The van der Waals surface area contributed by atoms with Crippen LogP contribution >= 0.6 is 0 Å². The molecule has 1 aromatic carbocycles. The Morgan fingerprint density at radius 3 is 2.63 bits per heavy atom. The third-order valence-corrected chi connectivity index (χ3v) is 5.02. The number of nitrogens with one attached hydrogen (secondary N) is 1. The summed E-state index contributed by atoms with van der Waals surface area (Å²) in [6.07, 6.45) is 1.63. The van der Waals surface area contributed by atoms with Crippen molar-refractivity contribution < 1.29 is 22.3 Å². The summed E-state index contributed by atoms with van der Waals surface area (Å²) < 4.78 is 58.5. The molecule has 30 heavy (non-hydrogen) atoms. The van der Waals surface area contributed by atoms with Crippen LogP contribution in [-0.4, -0.2) is 40.5 Å². The number of nitrogens with zero attached hydrogens (tertiary/aromatic N) is 4. The standard InChI is InChI=1S/C19H19F4N5O2/c1-27(2)19-24-16-14(17(29)25-19)12(8-20)26-28(16)15(9-3-4-9)10-5-6-13(11(21)7-10)30-18(22)23/h5-7,9,15,18H,3-4,8H2,1-2H3,(H,24,25,29)/t15-/m0/s1. The molecule has 0 amide bonds. The molecule has 11 heteroatoms. The Bertz CT molecular complexity index is 1140. The van der Waals surface area contributed by atoms with E-state index in [1.807, 2.05) is 0 Å². The molecule has 4 rings (SSSR count). The minimum Gasteiger partial charge on any atom is -0.432 e. The van der Waals surface area contributed by atoms with Crippen LogP contribution in [0.25, 0.3) is 11.0 Å². The maximum absolute atomic E-state index is 14.4. The Labute approximate surface area is 168 Å². The van der Waals surface area contributed by atoms with Crippen molar-refractivity contribution in [3.05, 3.63) is 45.6 Å². The zero-order chi connectivity index (χ0) is 21.6. The number of benzene rings is 1. The second-order valence-corrected chi connectivity index (χ2v) is 7.36. The zero-order valence-corrected chi connectivity index (χ0v) is 16.2. The monoisotopic (exact) mass is 425 g/mol. The van der Waals surface area contributed by atoms with E-state index in [1.54, 1.807) is 19.0 Å². The van der Waals surface area contributed by atoms with Gasteiger partial charge >= 0.3 is 6.61 Å². The van der Waals surface area contributed by atoms with Gasteiger partial charge in [-0.2, -0.15) is 18.9 Å². The van der Waals surface area contributed by atoms with Gasteiger partial charge in [-0.1, -0.05) is 6.07 Å². The smallest absolute Gasteiger partial charge is 0.387 e. The van der Waals surface area contributed by atoms with Crippen LogP contribution in [0.2, 0.25) is 0 Å². The molecule has 1 atom stereocenters. The molecule has 1 aliphatic rings. The van der Waals surface area contributed by atoms with E-state index in [-0.39, 0.29) is 28.6 Å². The van der Waals surface area contributed by atoms with Crippen molar-refractivity contribution in [3.8, 4) is 5.75 Å². The molecule has 1 aliphatic carbocycles. The first-order valence-corrected chi connectivity index (χ1v) is 9.29. The number of rotatable bonds is 7. The van der Waals surface area contributed by atoms with Crippen molar-refractivity contribution in [1.82, 2.24) is 19.7 Å². The van der Waals surface area contributed by atoms with Gasteiger partial charge in [-0.15, -0.1) is 0 Å². The lowest BCUT2D eigenvalue weighted by molar-refractivity contribution is -0.0522. The number of hydrogen-bond acceptors (Lipinski definition) is 5. The number of ether oxygens (including phenoxy) is 1. The van der Waals surface area contributed by atoms with Gasteiger partial charge in [0.2, 0.25) is 5.95 Å². The van der Waals surface area contributed by atoms with Crippen molar-refractivity contribution in [2.24, 2.45) is 5.92 Å². The fourth-order valence-corrected chi connectivity index (χ4v) is 3.52. The maximum Gasteiger partial charge on any atom is 0.387 e. The number of anilines is 1. The molecular formula is C19H19F4N5O2. The third kappa shape index (κ3) is 3.59. The summed E-state index contributed by atoms with van der Waals surface area (Å²) in [5, 5.41) is 4.31. The van der Waals surface area contributed by atoms with Gasteiger partial charge in [0.15, 0.2) is 17.2 Å². The molecule has 7 nitrogen and oxygen atoms in total. The topological polar surface area (TPSA) is 76.0 Å². The second kappa shape index (κ2) is 7.62. The van der Waals surface area contributed by atoms with Gasteiger partial charge in [0, 0.05) is 14.1 Å². The Morgan fingerprint density at radius 2 is 2.07 bits per heavy atom. The quantitative estimate of drug-likeness (QED) is 0.588. The summed E-state index contributed by atoms with van der Waals surface area (Å²) in [5.74, 6) is -1.19. The Balaban J connectivity index is 1.88. The molecule has 0 aliphatic heterocycles. The van der Waals surface area contributed by atoms with Crippen LogP contribution in [0.4, 0.5) is 23.5 Å². The van der Waals surface area contributed by atoms with Gasteiger partial charge in [-0.25, -0.2) is 13.5 Å². The number of aromatic amines is 1. The lowest BCUT2D eigenvalue weighted by Crippen LogP contribution is -2.21. The molecule has 2 aromatic heterocycles. The number of halogens is 4. The molecule has 0 radical (unpaired) electrons. The molecule has 0 saturated heterocycles. The van der Waals surface area contributed by atoms with Crippen LogP contribution in [0.1, 0.15) is 30.1 Å². The number of aromatic nitrogens is 4. The van der Waals surface area contributed by atoms with Crippen LogP contribution in [0.3, 0.4) is 0 Å². The summed E-state index contributed by atoms with van der Waals surface area (Å²) >= 11 is 0. The van der Waals surface area contributed by atoms with Gasteiger partial charge in [-0.3, -0.25) is 9.78 Å². The lowest BCUT2D eigenvalue weighted by Gasteiger charge is -2.19. The van der Waals surface area contributed by atoms with Crippen molar-refractivity contribution >= 4 is 17.0 Å². The first-order chi connectivity index (χ1) is 14.3. The Hall–Kier alpha value is -3.11. The number of hydrogen-bond donors (Lipinski definition) is 1. The largest absolute Gasteiger partial charge is 0.432 e. The van der Waals surface area contributed by atoms with Crippen molar-refractivity contribution in [1.29, 1.82) is 0 Å². The van der Waals surface area contributed by atoms with E-state index in [0.29, 0.717) is 5.56 Å². The maximum atomic E-state index is 14.4. The average Bonchev–Trinajstić information content (AvgIpc) is 3.44. The summed E-state index contributed by atoms with van der Waals surface area (Å²) in [6, 6.07) is 3.15. The van der Waals surface area contributed by atoms with Crippen LogP contribution in [0, 0.1) is 11.7 Å². The fraction of sp³-hybridized carbons (Fsp3) is 0.421. The fourth-order valence-electron chi connectivity index (χ4n) is 3.52. The molecule has 0 unspecified atom stereocenters. The average molecular weight is 425 g/mol. The number of H-pyrrole nitrogens is 1. The van der Waals surface area contributed by atoms with E-state index in [1.165, 1.54) is 10.7 Å². The second-order valence-electron chi connectivity index (χ2n) is 7.36. The predicted octanol–water partition coefficient (Wildman–Crippen LogP) is 3.40. The molecule has 1 saturated carbocycles. The van der Waals surface area contributed by atoms with Crippen molar-refractivity contribution in [2.75, 3.05) is 19.0 Å². The summed E-state index contributed by atoms with van der Waals surface area (Å²) in [4.78, 5) is 21.2. The van der Waals surface area contributed by atoms with E-state index in [4.69, 9.17) is 0 Å². The van der Waals surface area contributed by atoms with E-state index in [9.17, 15) is 22.4 Å². The normalized spacial score (nSPS) is 15.0. The lowest BCUT2D eigenvalue weighted by atomic mass is 10.0. The minimum atomic E-state index is -3.15. The molecule has 0 spiro atoms. The van der Waals surface area contributed by atoms with E-state index >= 15 is 0 Å². The molecule has 0 bridgehead atoms. The summed E-state index contributed by atoms with van der Waals surface area (Å²) in [6.45, 7) is -4.12. The first-order valence-electron chi connectivity index (χ1n) is 9.29. The van der Waals surface area contributed by atoms with Crippen LogP contribution in [0.5, 0.6) is 5.75 Å². The Kier molecular flexibility index (Phi) is 5.12. The highest BCUT2D eigenvalue weighted by Gasteiger charge is 2.37. The first kappa shape index (κ1) is 20.2. The molecule has 160 valence electrons.